The zero-order valence-electron chi connectivity index (χ0n) is 30.4. The predicted octanol–water partition coefficient (Wildman–Crippen LogP) is 3.44. The predicted molar refractivity (Wildman–Crippen MR) is 203 cm³/mol. The molecule has 9 N–H and O–H groups in total. The highest BCUT2D eigenvalue weighted by Crippen LogP contribution is 2.22. The Hall–Kier alpha value is -4.08. The molecule has 0 bridgehead atoms. The third kappa shape index (κ3) is 31.2. The summed E-state index contributed by atoms with van der Waals surface area (Å²) in [7, 11) is 3.38. The van der Waals surface area contributed by atoms with Crippen LogP contribution in [0.3, 0.4) is 0 Å². The van der Waals surface area contributed by atoms with Crippen LogP contribution in [-0.2, 0) is 30.2 Å². The number of hydrogen-bond acceptors (Lipinski definition) is 7. The minimum atomic E-state index is -1.99. The van der Waals surface area contributed by atoms with Crippen LogP contribution >= 0.6 is 0 Å². The van der Waals surface area contributed by atoms with Crippen molar-refractivity contribution in [1.82, 2.24) is 15.5 Å². The normalized spacial score (nSPS) is 12.9. The minimum absolute atomic E-state index is 0.00436. The molecule has 0 fully saturated rings. The second kappa shape index (κ2) is 30.9. The van der Waals surface area contributed by atoms with Gasteiger partial charge in [-0.05, 0) is 44.9 Å². The van der Waals surface area contributed by atoms with Gasteiger partial charge in [-0.25, -0.2) is 4.21 Å². The van der Waals surface area contributed by atoms with E-state index in [0.29, 0.717) is 6.42 Å². The number of aliphatic imine (C=N–C) groups is 1. The Morgan fingerprint density at radius 1 is 0.900 bits per heavy atom. The second-order valence-corrected chi connectivity index (χ2v) is 12.9. The standard InChI is InChI=1S/C31H50N2O7S.C4H11N5/c1-4-5-6-7-8-9-10-11-12-13-14-15-16-17-18-19-20-21-28(35)40-26-31(2,3)29(36)30(37)33-23-22-27(34)32-24-25-41(38)39;1-9(2)4(7)8-3(5)6/h5-6,8-9,11-12,14-15,17-18,29,36H,4,7,10,13,16,19-26H2,1-3H3,(H,32,34)(H,33,37)(H,38,39);1-2H3,(H5,5,6,7,8)/b6-5-,9-8-,12-11-,15-14-,18-17-;/t29-;/m0./s1. The van der Waals surface area contributed by atoms with Crippen molar-refractivity contribution < 1.29 is 33.0 Å². The Labute approximate surface area is 301 Å². The van der Waals surface area contributed by atoms with Crippen LogP contribution in [0.15, 0.2) is 65.8 Å². The summed E-state index contributed by atoms with van der Waals surface area (Å²) in [6, 6.07) is 0. The average molecular weight is 724 g/mol. The molecule has 2 amide bonds. The van der Waals surface area contributed by atoms with Gasteiger partial charge >= 0.3 is 5.97 Å². The van der Waals surface area contributed by atoms with Gasteiger partial charge in [-0.2, -0.15) is 4.99 Å². The van der Waals surface area contributed by atoms with Gasteiger partial charge in [0.1, 0.15) is 6.10 Å². The molecule has 0 spiro atoms. The summed E-state index contributed by atoms with van der Waals surface area (Å²) >= 11 is -1.99. The summed E-state index contributed by atoms with van der Waals surface area (Å²) in [4.78, 5) is 40.9. The van der Waals surface area contributed by atoms with Crippen molar-refractivity contribution in [3.63, 3.8) is 0 Å². The van der Waals surface area contributed by atoms with Crippen LogP contribution in [-0.4, -0.2) is 94.1 Å². The Morgan fingerprint density at radius 2 is 1.42 bits per heavy atom. The van der Waals surface area contributed by atoms with Crippen LogP contribution in [0.2, 0.25) is 0 Å². The van der Waals surface area contributed by atoms with Crippen LogP contribution in [0.4, 0.5) is 0 Å². The first-order chi connectivity index (χ1) is 23.6. The van der Waals surface area contributed by atoms with Crippen molar-refractivity contribution in [2.75, 3.05) is 39.5 Å². The molecule has 0 radical (unpaired) electrons. The van der Waals surface area contributed by atoms with E-state index in [9.17, 15) is 23.7 Å². The largest absolute Gasteiger partial charge is 0.465 e. The third-order valence-electron chi connectivity index (χ3n) is 6.41. The van der Waals surface area contributed by atoms with Gasteiger partial charge in [0.05, 0.1) is 12.4 Å². The molecular weight excluding hydrogens is 662 g/mol. The first-order valence-electron chi connectivity index (χ1n) is 16.7. The van der Waals surface area contributed by atoms with Crippen molar-refractivity contribution in [3.8, 4) is 0 Å². The average Bonchev–Trinajstić information content (AvgIpc) is 3.04. The molecular formula is C35H61N7O7S. The van der Waals surface area contributed by atoms with Crippen LogP contribution in [0.5, 0.6) is 0 Å². The fraction of sp³-hybridized carbons (Fsp3) is 0.571. The minimum Gasteiger partial charge on any atom is -0.465 e. The Morgan fingerprint density at radius 3 is 1.88 bits per heavy atom. The molecule has 0 aliphatic carbocycles. The maximum Gasteiger partial charge on any atom is 0.305 e. The van der Waals surface area contributed by atoms with Crippen molar-refractivity contribution in [1.29, 1.82) is 5.41 Å². The maximum absolute atomic E-state index is 12.2. The smallest absolute Gasteiger partial charge is 0.305 e. The van der Waals surface area contributed by atoms with Gasteiger partial charge in [0.15, 0.2) is 17.0 Å². The lowest BCUT2D eigenvalue weighted by atomic mass is 9.87. The van der Waals surface area contributed by atoms with Crippen LogP contribution < -0.4 is 22.1 Å². The molecule has 0 rings (SSSR count). The molecule has 0 aromatic rings. The molecule has 0 aromatic heterocycles. The van der Waals surface area contributed by atoms with Crippen molar-refractivity contribution in [3.05, 3.63) is 60.8 Å². The number of nitrogens with one attached hydrogen (secondary N) is 3. The van der Waals surface area contributed by atoms with Gasteiger partial charge in [-0.15, -0.1) is 0 Å². The van der Waals surface area contributed by atoms with Gasteiger partial charge in [0, 0.05) is 45.4 Å². The van der Waals surface area contributed by atoms with E-state index >= 15 is 0 Å². The number of carbonyl (C=O) groups is 3. The maximum atomic E-state index is 12.2. The van der Waals surface area contributed by atoms with Crippen molar-refractivity contribution in [2.45, 2.75) is 84.7 Å². The van der Waals surface area contributed by atoms with Crippen molar-refractivity contribution in [2.24, 2.45) is 21.9 Å². The first kappa shape index (κ1) is 48.0. The molecule has 0 aliphatic heterocycles. The summed E-state index contributed by atoms with van der Waals surface area (Å²) in [6.07, 6.45) is 26.3. The second-order valence-electron chi connectivity index (χ2n) is 11.8. The van der Waals surface area contributed by atoms with Gasteiger partial charge in [0.25, 0.3) is 0 Å². The molecule has 0 saturated carbocycles. The molecule has 14 nitrogen and oxygen atoms in total. The summed E-state index contributed by atoms with van der Waals surface area (Å²) in [5.41, 5.74) is 8.97. The topological polar surface area (TPSA) is 234 Å². The van der Waals surface area contributed by atoms with Gasteiger partial charge in [0.2, 0.25) is 17.8 Å². The molecule has 0 heterocycles. The van der Waals surface area contributed by atoms with E-state index in [-0.39, 0.29) is 56.1 Å². The first-order valence-corrected chi connectivity index (χ1v) is 18.0. The number of nitrogens with two attached hydrogens (primary N) is 2. The van der Waals surface area contributed by atoms with E-state index in [0.717, 1.165) is 38.5 Å². The number of rotatable bonds is 23. The quantitative estimate of drug-likeness (QED) is 0.0203. The number of guanidine groups is 2. The van der Waals surface area contributed by atoms with E-state index in [2.05, 4.69) is 77.2 Å². The Bertz CT molecular complexity index is 1190. The highest BCUT2D eigenvalue weighted by atomic mass is 32.2. The van der Waals surface area contributed by atoms with E-state index in [1.54, 1.807) is 27.9 Å². The van der Waals surface area contributed by atoms with E-state index in [1.807, 2.05) is 6.08 Å². The molecule has 0 saturated heterocycles. The lowest BCUT2D eigenvalue weighted by Crippen LogP contribution is -2.47. The summed E-state index contributed by atoms with van der Waals surface area (Å²) in [5.74, 6) is -1.56. The molecule has 284 valence electrons. The van der Waals surface area contributed by atoms with E-state index in [1.165, 1.54) is 4.90 Å². The number of hydrogen-bond donors (Lipinski definition) is 7. The zero-order chi connectivity index (χ0) is 38.2. The summed E-state index contributed by atoms with van der Waals surface area (Å²) < 4.78 is 24.5. The number of ether oxygens (including phenoxy) is 1. The van der Waals surface area contributed by atoms with Crippen LogP contribution in [0.1, 0.15) is 78.6 Å². The number of allylic oxidation sites excluding steroid dienone is 10. The van der Waals surface area contributed by atoms with E-state index in [4.69, 9.17) is 26.2 Å². The third-order valence-corrected chi connectivity index (χ3v) is 6.97. The Kier molecular flexibility index (Phi) is 29.7. The van der Waals surface area contributed by atoms with E-state index < -0.39 is 34.5 Å². The monoisotopic (exact) mass is 723 g/mol. The Balaban J connectivity index is 0. The highest BCUT2D eigenvalue weighted by Gasteiger charge is 2.34. The SMILES string of the molecule is CC/C=C\C/C=C\C/C=C\C/C=C\C/C=C\CCCC(=O)OCC(C)(C)[C@@H](O)C(=O)NCCC(=O)NCCS(=O)O.CN(C)C(=N)N=C(N)N. The summed E-state index contributed by atoms with van der Waals surface area (Å²) in [5, 5.41) is 22.4. The number of aliphatic hydroxyl groups excluding tert-OH is 1. The van der Waals surface area contributed by atoms with Gasteiger partial charge < -0.3 is 41.4 Å². The molecule has 50 heavy (non-hydrogen) atoms. The highest BCUT2D eigenvalue weighted by molar-refractivity contribution is 7.79. The molecule has 0 aromatic carbocycles. The van der Waals surface area contributed by atoms with Gasteiger partial charge in [-0.1, -0.05) is 81.5 Å². The number of amides is 2. The van der Waals surface area contributed by atoms with Crippen LogP contribution in [0.25, 0.3) is 0 Å². The van der Waals surface area contributed by atoms with Crippen molar-refractivity contribution >= 4 is 40.8 Å². The lowest BCUT2D eigenvalue weighted by molar-refractivity contribution is -0.153. The molecule has 2 atom stereocenters. The number of nitrogens with zero attached hydrogens (tertiary/aromatic N) is 2. The number of esters is 1. The number of aliphatic hydroxyl groups is 1. The molecule has 15 heteroatoms. The zero-order valence-corrected chi connectivity index (χ0v) is 31.3. The molecule has 1 unspecified atom stereocenters. The number of unbranched alkanes of at least 4 members (excludes halogenated alkanes) is 1. The molecule has 0 aliphatic rings. The lowest BCUT2D eigenvalue weighted by Gasteiger charge is -2.29. The van der Waals surface area contributed by atoms with Gasteiger partial charge in [-0.3, -0.25) is 19.8 Å². The fourth-order valence-electron chi connectivity index (χ4n) is 3.49. The number of carbonyl (C=O) groups excluding carboxylic acids is 3. The summed E-state index contributed by atoms with van der Waals surface area (Å²) in [6.45, 7) is 5.28. The fourth-order valence-corrected chi connectivity index (χ4v) is 3.77. The van der Waals surface area contributed by atoms with Crippen LogP contribution in [0, 0.1) is 10.8 Å².